The molecule has 4 rings (SSSR count). The molecule has 0 aliphatic carbocycles. The van der Waals surface area contributed by atoms with Gasteiger partial charge in [0.2, 0.25) is 10.0 Å². The largest absolute Gasteiger partial charge is 0.476 e. The van der Waals surface area contributed by atoms with E-state index in [0.29, 0.717) is 35.5 Å². The van der Waals surface area contributed by atoms with E-state index in [1.54, 1.807) is 23.1 Å². The van der Waals surface area contributed by atoms with Gasteiger partial charge in [-0.25, -0.2) is 8.42 Å². The van der Waals surface area contributed by atoms with Gasteiger partial charge < -0.3 is 9.64 Å². The number of nitrogens with zero attached hydrogens (tertiary/aromatic N) is 2. The lowest BCUT2D eigenvalue weighted by atomic mass is 9.90. The third-order valence-corrected chi connectivity index (χ3v) is 7.14. The van der Waals surface area contributed by atoms with Crippen LogP contribution in [-0.4, -0.2) is 51.2 Å². The molecule has 0 bridgehead atoms. The van der Waals surface area contributed by atoms with Crippen LogP contribution in [0.15, 0.2) is 48.5 Å². The molecule has 2 aliphatic rings. The quantitative estimate of drug-likeness (QED) is 0.719. The number of ether oxygens (including phenoxy) is 1. The zero-order chi connectivity index (χ0) is 21.3. The SMILES string of the molecule is CS(=O)(=O)N1C[C@H](C(=O)N2CCC(Cc3ccccc3)CC2)Oc2ccc(Cl)cc21. The molecule has 1 fully saturated rings. The normalized spacial score (nSPS) is 19.9. The number of carbonyl (C=O) groups is 1. The number of piperidine rings is 1. The van der Waals surface area contributed by atoms with Gasteiger partial charge in [0, 0.05) is 18.1 Å². The zero-order valence-corrected chi connectivity index (χ0v) is 18.4. The Kier molecular flexibility index (Phi) is 5.93. The summed E-state index contributed by atoms with van der Waals surface area (Å²) in [6, 6.07) is 15.2. The molecule has 2 heterocycles. The van der Waals surface area contributed by atoms with Crippen molar-refractivity contribution < 1.29 is 17.9 Å². The monoisotopic (exact) mass is 448 g/mol. The van der Waals surface area contributed by atoms with Crippen LogP contribution in [-0.2, 0) is 21.2 Å². The van der Waals surface area contributed by atoms with Crippen LogP contribution >= 0.6 is 11.6 Å². The van der Waals surface area contributed by atoms with E-state index in [1.165, 1.54) is 9.87 Å². The van der Waals surface area contributed by atoms with Crippen molar-refractivity contribution in [3.63, 3.8) is 0 Å². The van der Waals surface area contributed by atoms with E-state index in [2.05, 4.69) is 12.1 Å². The van der Waals surface area contributed by atoms with Crippen molar-refractivity contribution in [2.24, 2.45) is 5.92 Å². The molecular formula is C22H25ClN2O4S. The molecule has 30 heavy (non-hydrogen) atoms. The van der Waals surface area contributed by atoms with Crippen LogP contribution in [0.25, 0.3) is 0 Å². The Morgan fingerprint density at radius 3 is 2.50 bits per heavy atom. The number of halogens is 1. The first-order valence-corrected chi connectivity index (χ1v) is 12.3. The second kappa shape index (κ2) is 8.47. The Balaban J connectivity index is 1.43. The first-order valence-electron chi connectivity index (χ1n) is 10.1. The van der Waals surface area contributed by atoms with E-state index in [1.807, 2.05) is 18.2 Å². The number of hydrogen-bond acceptors (Lipinski definition) is 4. The molecule has 0 unspecified atom stereocenters. The average molecular weight is 449 g/mol. The zero-order valence-electron chi connectivity index (χ0n) is 16.8. The molecule has 0 saturated carbocycles. The molecule has 0 radical (unpaired) electrons. The molecule has 2 aromatic rings. The van der Waals surface area contributed by atoms with Gasteiger partial charge in [-0.05, 0) is 48.9 Å². The number of benzene rings is 2. The molecule has 1 saturated heterocycles. The fourth-order valence-corrected chi connectivity index (χ4v) is 5.25. The van der Waals surface area contributed by atoms with E-state index >= 15 is 0 Å². The Morgan fingerprint density at radius 2 is 1.83 bits per heavy atom. The summed E-state index contributed by atoms with van der Waals surface area (Å²) < 4.78 is 31.8. The van der Waals surface area contributed by atoms with Crippen molar-refractivity contribution in [2.45, 2.75) is 25.4 Å². The Bertz CT molecular complexity index is 1020. The van der Waals surface area contributed by atoms with Gasteiger partial charge in [0.1, 0.15) is 5.75 Å². The number of sulfonamides is 1. The van der Waals surface area contributed by atoms with Gasteiger partial charge in [0.15, 0.2) is 6.10 Å². The Labute approximate surface area is 182 Å². The van der Waals surface area contributed by atoms with Crippen molar-refractivity contribution >= 4 is 33.2 Å². The van der Waals surface area contributed by atoms with E-state index in [0.717, 1.165) is 25.5 Å². The lowest BCUT2D eigenvalue weighted by molar-refractivity contribution is -0.139. The molecule has 6 nitrogen and oxygen atoms in total. The smallest absolute Gasteiger partial charge is 0.265 e. The van der Waals surface area contributed by atoms with Crippen molar-refractivity contribution in [3.05, 3.63) is 59.1 Å². The lowest BCUT2D eigenvalue weighted by Gasteiger charge is -2.38. The predicted octanol–water partition coefficient (Wildman–Crippen LogP) is 3.35. The highest BCUT2D eigenvalue weighted by molar-refractivity contribution is 7.92. The molecular weight excluding hydrogens is 424 g/mol. The summed E-state index contributed by atoms with van der Waals surface area (Å²) in [6.45, 7) is 1.26. The minimum Gasteiger partial charge on any atom is -0.476 e. The number of rotatable bonds is 4. The van der Waals surface area contributed by atoms with Gasteiger partial charge in [-0.15, -0.1) is 0 Å². The van der Waals surface area contributed by atoms with Crippen LogP contribution in [0.4, 0.5) is 5.69 Å². The van der Waals surface area contributed by atoms with Crippen molar-refractivity contribution in [2.75, 3.05) is 30.2 Å². The highest BCUT2D eigenvalue weighted by Gasteiger charge is 2.38. The third kappa shape index (κ3) is 4.57. The van der Waals surface area contributed by atoms with Crippen molar-refractivity contribution in [1.29, 1.82) is 0 Å². The highest BCUT2D eigenvalue weighted by Crippen LogP contribution is 2.37. The molecule has 0 spiro atoms. The number of carbonyl (C=O) groups excluding carboxylic acids is 1. The summed E-state index contributed by atoms with van der Waals surface area (Å²) in [5, 5.41) is 0.413. The van der Waals surface area contributed by atoms with E-state index in [-0.39, 0.29) is 12.5 Å². The number of hydrogen-bond donors (Lipinski definition) is 0. The number of likely N-dealkylation sites (tertiary alicyclic amines) is 1. The van der Waals surface area contributed by atoms with Gasteiger partial charge in [-0.2, -0.15) is 0 Å². The van der Waals surface area contributed by atoms with Crippen LogP contribution in [0.1, 0.15) is 18.4 Å². The summed E-state index contributed by atoms with van der Waals surface area (Å²) in [5.74, 6) is 0.731. The van der Waals surface area contributed by atoms with E-state index in [4.69, 9.17) is 16.3 Å². The summed E-state index contributed by atoms with van der Waals surface area (Å²) in [5.41, 5.74) is 1.69. The first kappa shape index (κ1) is 21.0. The third-order valence-electron chi connectivity index (χ3n) is 5.76. The molecule has 160 valence electrons. The second-order valence-electron chi connectivity index (χ2n) is 7.97. The molecule has 0 N–H and O–H groups in total. The van der Waals surface area contributed by atoms with Crippen molar-refractivity contribution in [3.8, 4) is 5.75 Å². The van der Waals surface area contributed by atoms with Crippen LogP contribution in [0.5, 0.6) is 5.75 Å². The van der Waals surface area contributed by atoms with E-state index in [9.17, 15) is 13.2 Å². The predicted molar refractivity (Wildman–Crippen MR) is 118 cm³/mol. The van der Waals surface area contributed by atoms with Gasteiger partial charge in [-0.1, -0.05) is 41.9 Å². The van der Waals surface area contributed by atoms with Crippen LogP contribution in [0.3, 0.4) is 0 Å². The summed E-state index contributed by atoms with van der Waals surface area (Å²) in [4.78, 5) is 14.9. The fraction of sp³-hybridized carbons (Fsp3) is 0.409. The molecule has 2 aromatic carbocycles. The van der Waals surface area contributed by atoms with Gasteiger partial charge >= 0.3 is 0 Å². The number of anilines is 1. The Morgan fingerprint density at radius 1 is 1.13 bits per heavy atom. The maximum absolute atomic E-state index is 13.1. The standard InChI is InChI=1S/C22H25ClN2O4S/c1-30(27,28)25-15-21(29-20-8-7-18(23)14-19(20)25)22(26)24-11-9-17(10-12-24)13-16-5-3-2-4-6-16/h2-8,14,17,21H,9-13,15H2,1H3/t21-/m1/s1. The number of amides is 1. The molecule has 8 heteroatoms. The lowest BCUT2D eigenvalue weighted by Crippen LogP contribution is -2.53. The second-order valence-corrected chi connectivity index (χ2v) is 10.3. The van der Waals surface area contributed by atoms with Crippen LogP contribution in [0.2, 0.25) is 5.02 Å². The molecule has 1 amide bonds. The fourth-order valence-electron chi connectivity index (χ4n) is 4.18. The molecule has 1 atom stereocenters. The Hall–Kier alpha value is -2.25. The highest BCUT2D eigenvalue weighted by atomic mass is 35.5. The van der Waals surface area contributed by atoms with Gasteiger partial charge in [0.25, 0.3) is 5.91 Å². The van der Waals surface area contributed by atoms with Gasteiger partial charge in [-0.3, -0.25) is 9.10 Å². The van der Waals surface area contributed by atoms with Crippen molar-refractivity contribution in [1.82, 2.24) is 4.90 Å². The minimum atomic E-state index is -3.57. The maximum atomic E-state index is 13.1. The summed E-state index contributed by atoms with van der Waals surface area (Å²) in [6.07, 6.45) is 3.13. The number of fused-ring (bicyclic) bond motifs is 1. The van der Waals surface area contributed by atoms with Gasteiger partial charge in [0.05, 0.1) is 18.5 Å². The summed E-state index contributed by atoms with van der Waals surface area (Å²) >= 11 is 6.03. The van der Waals surface area contributed by atoms with Crippen LogP contribution < -0.4 is 9.04 Å². The van der Waals surface area contributed by atoms with E-state index < -0.39 is 16.1 Å². The minimum absolute atomic E-state index is 0.0467. The molecule has 0 aromatic heterocycles. The topological polar surface area (TPSA) is 66.9 Å². The van der Waals surface area contributed by atoms with Crippen LogP contribution in [0, 0.1) is 5.92 Å². The maximum Gasteiger partial charge on any atom is 0.265 e. The summed E-state index contributed by atoms with van der Waals surface area (Å²) in [7, 11) is -3.57. The average Bonchev–Trinajstić information content (AvgIpc) is 2.73. The first-order chi connectivity index (χ1) is 14.3. The molecule has 2 aliphatic heterocycles.